The molecule has 0 fully saturated rings. The Morgan fingerprint density at radius 3 is 2.07 bits per heavy atom. The van der Waals surface area contributed by atoms with Crippen molar-refractivity contribution in [3.8, 4) is 11.5 Å². The van der Waals surface area contributed by atoms with Crippen LogP contribution in [0.4, 0.5) is 5.69 Å². The smallest absolute Gasteiger partial charge is 0.162 e. The van der Waals surface area contributed by atoms with Crippen molar-refractivity contribution < 1.29 is 9.47 Å². The third-order valence-electron chi connectivity index (χ3n) is 5.43. The molecule has 2 rings (SSSR count). The van der Waals surface area contributed by atoms with Crippen molar-refractivity contribution in [1.29, 1.82) is 0 Å². The van der Waals surface area contributed by atoms with Crippen LogP contribution in [0.1, 0.15) is 84.0 Å². The summed E-state index contributed by atoms with van der Waals surface area (Å²) in [4.78, 5) is 2.22. The molecule has 0 unspecified atom stereocenters. The van der Waals surface area contributed by atoms with Crippen LogP contribution in [0.15, 0.2) is 23.3 Å². The van der Waals surface area contributed by atoms with Gasteiger partial charge in [-0.1, -0.05) is 71.1 Å². The van der Waals surface area contributed by atoms with Gasteiger partial charge in [0.2, 0.25) is 0 Å². The number of hydrogen-bond donors (Lipinski definition) is 1. The Hall–Kier alpha value is -1.91. The fourth-order valence-corrected chi connectivity index (χ4v) is 3.72. The predicted octanol–water partition coefficient (Wildman–Crippen LogP) is 6.09. The summed E-state index contributed by atoms with van der Waals surface area (Å²) >= 11 is 0. The van der Waals surface area contributed by atoms with Gasteiger partial charge in [0.05, 0.1) is 14.2 Å². The van der Waals surface area contributed by atoms with Gasteiger partial charge >= 0.3 is 0 Å². The Balaban J connectivity index is 1.64. The summed E-state index contributed by atoms with van der Waals surface area (Å²) in [7, 11) is 3.33. The van der Waals surface area contributed by atoms with E-state index in [2.05, 4.69) is 28.4 Å². The van der Waals surface area contributed by atoms with Gasteiger partial charge < -0.3 is 14.4 Å². The molecule has 0 radical (unpaired) electrons. The molecule has 0 aromatic heterocycles. The van der Waals surface area contributed by atoms with E-state index in [9.17, 15) is 0 Å². The zero-order valence-electron chi connectivity index (χ0n) is 18.1. The topological polar surface area (TPSA) is 46.1 Å². The molecule has 1 aromatic rings. The lowest BCUT2D eigenvalue weighted by Crippen LogP contribution is -2.29. The number of amidine groups is 1. The maximum absolute atomic E-state index is 5.43. The van der Waals surface area contributed by atoms with Gasteiger partial charge in [-0.05, 0) is 18.6 Å². The summed E-state index contributed by atoms with van der Waals surface area (Å²) in [5, 5.41) is 4.49. The second-order valence-corrected chi connectivity index (χ2v) is 7.60. The van der Waals surface area contributed by atoms with Crippen LogP contribution in [-0.4, -0.2) is 26.7 Å². The second kappa shape index (κ2) is 13.3. The molecule has 28 heavy (non-hydrogen) atoms. The Kier molecular flexibility index (Phi) is 10.6. The van der Waals surface area contributed by atoms with Crippen molar-refractivity contribution >= 4 is 11.5 Å². The lowest BCUT2D eigenvalue weighted by molar-refractivity contribution is 0.355. The van der Waals surface area contributed by atoms with E-state index in [1.807, 2.05) is 12.1 Å². The molecule has 1 aliphatic rings. The lowest BCUT2D eigenvalue weighted by atomic mass is 10.0. The number of methoxy groups -OCH3 is 2. The van der Waals surface area contributed by atoms with Crippen molar-refractivity contribution in [2.45, 2.75) is 84.0 Å². The van der Waals surface area contributed by atoms with Crippen LogP contribution >= 0.6 is 0 Å². The molecule has 1 N–H and O–H groups in total. The number of unbranched alkanes of at least 4 members (excludes halogenated alkanes) is 10. The number of rotatable bonds is 15. The van der Waals surface area contributed by atoms with E-state index in [1.165, 1.54) is 70.6 Å². The Morgan fingerprint density at radius 1 is 0.857 bits per heavy atom. The minimum Gasteiger partial charge on any atom is -0.493 e. The number of anilines is 1. The van der Waals surface area contributed by atoms with Gasteiger partial charge in [-0.25, -0.2) is 0 Å². The molecule has 0 spiro atoms. The highest BCUT2D eigenvalue weighted by molar-refractivity contribution is 5.99. The van der Waals surface area contributed by atoms with Crippen molar-refractivity contribution in [2.24, 2.45) is 5.10 Å². The number of hydrogen-bond acceptors (Lipinski definition) is 5. The summed E-state index contributed by atoms with van der Waals surface area (Å²) < 4.78 is 10.8. The van der Waals surface area contributed by atoms with Crippen LogP contribution in [0, 0.1) is 0 Å². The molecule has 0 amide bonds. The molecule has 0 saturated heterocycles. The maximum Gasteiger partial charge on any atom is 0.162 e. The molecule has 1 aliphatic heterocycles. The van der Waals surface area contributed by atoms with E-state index < -0.39 is 0 Å². The first-order chi connectivity index (χ1) is 13.8. The summed E-state index contributed by atoms with van der Waals surface area (Å²) in [5.74, 6) is 2.62. The van der Waals surface area contributed by atoms with Gasteiger partial charge in [0.25, 0.3) is 0 Å². The van der Waals surface area contributed by atoms with Crippen LogP contribution in [0.5, 0.6) is 11.5 Å². The number of nitrogens with one attached hydrogen (secondary N) is 1. The second-order valence-electron chi connectivity index (χ2n) is 7.60. The van der Waals surface area contributed by atoms with E-state index in [1.54, 1.807) is 14.2 Å². The maximum atomic E-state index is 5.43. The minimum absolute atomic E-state index is 0.711. The molecule has 0 bridgehead atoms. The van der Waals surface area contributed by atoms with Crippen molar-refractivity contribution in [2.75, 3.05) is 25.8 Å². The summed E-state index contributed by atoms with van der Waals surface area (Å²) in [6.07, 6.45) is 16.0. The molecule has 5 heteroatoms. The standard InChI is InChI=1S/C23H39N3O2/c1-4-5-6-7-8-9-10-11-12-13-14-15-23-25-24-19-26(23)20-16-17-21(27-2)22(18-20)28-3/h16-18,24H,4-15,19H2,1-3H3. The third kappa shape index (κ3) is 7.25. The highest BCUT2D eigenvalue weighted by Crippen LogP contribution is 2.32. The van der Waals surface area contributed by atoms with Gasteiger partial charge in [-0.15, -0.1) is 0 Å². The number of ether oxygens (including phenoxy) is 2. The van der Waals surface area contributed by atoms with Crippen molar-refractivity contribution in [3.63, 3.8) is 0 Å². The molecule has 1 heterocycles. The average molecular weight is 390 g/mol. The SMILES string of the molecule is CCCCCCCCCCCCCC1=NNCN1c1ccc(OC)c(OC)c1. The average Bonchev–Trinajstić information content (AvgIpc) is 3.20. The van der Waals surface area contributed by atoms with E-state index >= 15 is 0 Å². The van der Waals surface area contributed by atoms with E-state index in [-0.39, 0.29) is 0 Å². The lowest BCUT2D eigenvalue weighted by Gasteiger charge is -2.20. The summed E-state index contributed by atoms with van der Waals surface area (Å²) in [6, 6.07) is 6.03. The van der Waals surface area contributed by atoms with Crippen LogP contribution in [-0.2, 0) is 0 Å². The van der Waals surface area contributed by atoms with Gasteiger partial charge in [0.15, 0.2) is 11.5 Å². The normalized spacial score (nSPS) is 13.4. The van der Waals surface area contributed by atoms with E-state index in [0.717, 1.165) is 29.4 Å². The Labute approximate surface area is 171 Å². The zero-order valence-corrected chi connectivity index (χ0v) is 18.1. The molecular formula is C23H39N3O2. The monoisotopic (exact) mass is 389 g/mol. The number of benzene rings is 1. The van der Waals surface area contributed by atoms with Crippen LogP contribution in [0.25, 0.3) is 0 Å². The quantitative estimate of drug-likeness (QED) is 0.369. The highest BCUT2D eigenvalue weighted by atomic mass is 16.5. The van der Waals surface area contributed by atoms with Crippen LogP contribution < -0.4 is 19.8 Å². The van der Waals surface area contributed by atoms with Gasteiger partial charge in [-0.2, -0.15) is 5.10 Å². The van der Waals surface area contributed by atoms with Gasteiger partial charge in [0.1, 0.15) is 12.5 Å². The first-order valence-corrected chi connectivity index (χ1v) is 11.1. The van der Waals surface area contributed by atoms with E-state index in [4.69, 9.17) is 9.47 Å². The Bertz CT molecular complexity index is 589. The van der Waals surface area contributed by atoms with E-state index in [0.29, 0.717) is 6.67 Å². The molecular weight excluding hydrogens is 350 g/mol. The largest absolute Gasteiger partial charge is 0.493 e. The fraction of sp³-hybridized carbons (Fsp3) is 0.696. The fourth-order valence-electron chi connectivity index (χ4n) is 3.72. The third-order valence-corrected chi connectivity index (χ3v) is 5.43. The molecule has 0 saturated carbocycles. The summed E-state index contributed by atoms with van der Waals surface area (Å²) in [6.45, 7) is 2.99. The summed E-state index contributed by atoms with van der Waals surface area (Å²) in [5.41, 5.74) is 4.21. The van der Waals surface area contributed by atoms with Crippen molar-refractivity contribution in [1.82, 2.24) is 5.43 Å². The number of hydrazone groups is 1. The number of nitrogens with zero attached hydrogens (tertiary/aromatic N) is 2. The van der Waals surface area contributed by atoms with Gasteiger partial charge in [-0.3, -0.25) is 5.43 Å². The van der Waals surface area contributed by atoms with Crippen LogP contribution in [0.2, 0.25) is 0 Å². The molecule has 5 nitrogen and oxygen atoms in total. The highest BCUT2D eigenvalue weighted by Gasteiger charge is 2.19. The van der Waals surface area contributed by atoms with Gasteiger partial charge in [0, 0.05) is 18.2 Å². The van der Waals surface area contributed by atoms with Crippen molar-refractivity contribution in [3.05, 3.63) is 18.2 Å². The molecule has 158 valence electrons. The van der Waals surface area contributed by atoms with Crippen LogP contribution in [0.3, 0.4) is 0 Å². The predicted molar refractivity (Wildman–Crippen MR) is 119 cm³/mol. The molecule has 1 aromatic carbocycles. The molecule has 0 aliphatic carbocycles. The zero-order chi connectivity index (χ0) is 20.0. The molecule has 0 atom stereocenters. The first-order valence-electron chi connectivity index (χ1n) is 11.1. The first kappa shape index (κ1) is 22.4. The minimum atomic E-state index is 0.711. The Morgan fingerprint density at radius 2 is 1.46 bits per heavy atom.